The molecule has 32 heavy (non-hydrogen) atoms. The van der Waals surface area contributed by atoms with Gasteiger partial charge in [-0.2, -0.15) is 13.2 Å². The summed E-state index contributed by atoms with van der Waals surface area (Å²) in [6.07, 6.45) is -4.56. The molecule has 1 heterocycles. The van der Waals surface area contributed by atoms with Crippen LogP contribution in [0.3, 0.4) is 0 Å². The number of methoxy groups -OCH3 is 1. The summed E-state index contributed by atoms with van der Waals surface area (Å²) >= 11 is 1.27. The van der Waals surface area contributed by atoms with E-state index in [9.17, 15) is 18.0 Å². The van der Waals surface area contributed by atoms with Gasteiger partial charge in [0.1, 0.15) is 18.1 Å². The molecule has 168 valence electrons. The van der Waals surface area contributed by atoms with Gasteiger partial charge in [0.05, 0.1) is 12.8 Å². The summed E-state index contributed by atoms with van der Waals surface area (Å²) in [7, 11) is 1.58. The number of carbonyl (C=O) groups excluding carboxylic acids is 1. The minimum atomic E-state index is -4.75. The van der Waals surface area contributed by atoms with E-state index in [0.29, 0.717) is 16.4 Å². The molecular formula is C22H19F3N2O4S. The van der Waals surface area contributed by atoms with Gasteiger partial charge in [-0.3, -0.25) is 10.1 Å². The Balaban J connectivity index is 1.57. The summed E-state index contributed by atoms with van der Waals surface area (Å²) in [5.41, 5.74) is 2.13. The fourth-order valence-electron chi connectivity index (χ4n) is 2.52. The average Bonchev–Trinajstić information content (AvgIpc) is 3.24. The first-order valence-electron chi connectivity index (χ1n) is 9.31. The Hall–Kier alpha value is -3.37. The van der Waals surface area contributed by atoms with Gasteiger partial charge in [0.25, 0.3) is 0 Å². The maximum Gasteiger partial charge on any atom is 0.417 e. The van der Waals surface area contributed by atoms with E-state index in [1.807, 2.05) is 29.6 Å². The highest BCUT2D eigenvalue weighted by Crippen LogP contribution is 2.26. The van der Waals surface area contributed by atoms with Gasteiger partial charge in [0.2, 0.25) is 5.91 Å². The number of benzene rings is 2. The number of hydrogen-bond acceptors (Lipinski definition) is 6. The highest BCUT2D eigenvalue weighted by molar-refractivity contribution is 7.14. The third-order valence-corrected chi connectivity index (χ3v) is 4.95. The zero-order chi connectivity index (χ0) is 23.1. The molecule has 1 aromatic heterocycles. The van der Waals surface area contributed by atoms with E-state index in [0.717, 1.165) is 11.3 Å². The van der Waals surface area contributed by atoms with E-state index in [-0.39, 0.29) is 5.75 Å². The van der Waals surface area contributed by atoms with Gasteiger partial charge in [-0.1, -0.05) is 12.1 Å². The van der Waals surface area contributed by atoms with Crippen LogP contribution in [0.2, 0.25) is 0 Å². The molecule has 0 aliphatic carbocycles. The molecule has 0 fully saturated rings. The molecule has 0 bridgehead atoms. The number of thiazole rings is 1. The number of amides is 1. The van der Waals surface area contributed by atoms with E-state index in [4.69, 9.17) is 14.6 Å². The standard InChI is InChI=1S/C22H19F3N2O4S/c1-30-16-8-6-15(7-9-16)18-13-32-21(26-18)27-20(29)10-5-14-3-2-4-17(11-14)31-12-19(28)22(23,24)25/h2-11,13,19,28H,12H2,1H3,(H,26,27,29)/b10-5+. The number of aliphatic hydroxyl groups excluding tert-OH is 1. The minimum Gasteiger partial charge on any atom is -0.497 e. The summed E-state index contributed by atoms with van der Waals surface area (Å²) in [4.78, 5) is 16.6. The number of aliphatic hydroxyl groups is 1. The summed E-state index contributed by atoms with van der Waals surface area (Å²) in [6.45, 7) is -0.919. The van der Waals surface area contributed by atoms with E-state index in [1.165, 1.54) is 35.6 Å². The van der Waals surface area contributed by atoms with Crippen LogP contribution in [0.4, 0.5) is 18.3 Å². The number of nitrogens with zero attached hydrogens (tertiary/aromatic N) is 1. The molecule has 10 heteroatoms. The smallest absolute Gasteiger partial charge is 0.417 e. The maximum atomic E-state index is 12.4. The van der Waals surface area contributed by atoms with E-state index in [1.54, 1.807) is 19.2 Å². The van der Waals surface area contributed by atoms with Crippen molar-refractivity contribution in [2.75, 3.05) is 19.0 Å². The highest BCUT2D eigenvalue weighted by atomic mass is 32.1. The molecule has 1 atom stereocenters. The van der Waals surface area contributed by atoms with Crippen LogP contribution in [-0.4, -0.2) is 42.0 Å². The lowest BCUT2D eigenvalue weighted by Gasteiger charge is -2.15. The molecule has 2 aromatic carbocycles. The van der Waals surface area contributed by atoms with Gasteiger partial charge in [-0.05, 0) is 48.0 Å². The van der Waals surface area contributed by atoms with E-state index < -0.39 is 24.8 Å². The molecule has 0 saturated heterocycles. The number of halogens is 3. The molecular weight excluding hydrogens is 445 g/mol. The summed E-state index contributed by atoms with van der Waals surface area (Å²) in [6, 6.07) is 13.5. The fraction of sp³-hybridized carbons (Fsp3) is 0.182. The summed E-state index contributed by atoms with van der Waals surface area (Å²) in [5, 5.41) is 13.9. The summed E-state index contributed by atoms with van der Waals surface area (Å²) < 4.78 is 47.2. The number of rotatable bonds is 8. The zero-order valence-electron chi connectivity index (χ0n) is 16.8. The molecule has 0 radical (unpaired) electrons. The first-order valence-corrected chi connectivity index (χ1v) is 10.2. The van der Waals surface area contributed by atoms with Gasteiger partial charge < -0.3 is 14.6 Å². The second-order valence-corrected chi connectivity index (χ2v) is 7.39. The van der Waals surface area contributed by atoms with Crippen molar-refractivity contribution in [2.24, 2.45) is 0 Å². The minimum absolute atomic E-state index is 0.139. The Morgan fingerprint density at radius 3 is 2.66 bits per heavy atom. The van der Waals surface area contributed by atoms with Crippen LogP contribution in [0.25, 0.3) is 17.3 Å². The number of aromatic nitrogens is 1. The fourth-order valence-corrected chi connectivity index (χ4v) is 3.24. The first kappa shape index (κ1) is 23.3. The van der Waals surface area contributed by atoms with Crippen molar-refractivity contribution in [3.8, 4) is 22.8 Å². The predicted octanol–water partition coefficient (Wildman–Crippen LogP) is 4.77. The Labute approximate surface area is 185 Å². The van der Waals surface area contributed by atoms with Crippen molar-refractivity contribution in [1.29, 1.82) is 0 Å². The molecule has 0 saturated carbocycles. The van der Waals surface area contributed by atoms with Gasteiger partial charge in [-0.15, -0.1) is 11.3 Å². The third kappa shape index (κ3) is 6.56. The molecule has 0 aliphatic heterocycles. The third-order valence-electron chi connectivity index (χ3n) is 4.19. The molecule has 0 aliphatic rings. The van der Waals surface area contributed by atoms with Gasteiger partial charge in [0, 0.05) is 17.0 Å². The van der Waals surface area contributed by atoms with Crippen LogP contribution >= 0.6 is 11.3 Å². The van der Waals surface area contributed by atoms with Crippen LogP contribution in [0.15, 0.2) is 60.0 Å². The zero-order valence-corrected chi connectivity index (χ0v) is 17.6. The van der Waals surface area contributed by atoms with Crippen molar-refractivity contribution in [2.45, 2.75) is 12.3 Å². The van der Waals surface area contributed by atoms with Crippen molar-refractivity contribution >= 4 is 28.5 Å². The summed E-state index contributed by atoms with van der Waals surface area (Å²) in [5.74, 6) is 0.452. The number of anilines is 1. The average molecular weight is 464 g/mol. The Morgan fingerprint density at radius 1 is 1.22 bits per heavy atom. The Bertz CT molecular complexity index is 1080. The van der Waals surface area contributed by atoms with Gasteiger partial charge in [0.15, 0.2) is 11.2 Å². The number of ether oxygens (including phenoxy) is 2. The predicted molar refractivity (Wildman–Crippen MR) is 116 cm³/mol. The number of nitrogens with one attached hydrogen (secondary N) is 1. The molecule has 0 spiro atoms. The molecule has 3 aromatic rings. The lowest BCUT2D eigenvalue weighted by atomic mass is 10.2. The van der Waals surface area contributed by atoms with Crippen LogP contribution in [0, 0.1) is 0 Å². The molecule has 3 rings (SSSR count). The molecule has 2 N–H and O–H groups in total. The van der Waals surface area contributed by atoms with Crippen molar-refractivity contribution in [3.63, 3.8) is 0 Å². The first-order chi connectivity index (χ1) is 15.2. The molecule has 1 amide bonds. The van der Waals surface area contributed by atoms with Crippen LogP contribution < -0.4 is 14.8 Å². The van der Waals surface area contributed by atoms with Gasteiger partial charge >= 0.3 is 6.18 Å². The second-order valence-electron chi connectivity index (χ2n) is 6.53. The van der Waals surface area contributed by atoms with E-state index in [2.05, 4.69) is 10.3 Å². The topological polar surface area (TPSA) is 80.7 Å². The van der Waals surface area contributed by atoms with Crippen molar-refractivity contribution < 1.29 is 32.5 Å². The van der Waals surface area contributed by atoms with Gasteiger partial charge in [-0.25, -0.2) is 4.98 Å². The van der Waals surface area contributed by atoms with Crippen molar-refractivity contribution in [1.82, 2.24) is 4.98 Å². The molecule has 1 unspecified atom stereocenters. The Morgan fingerprint density at radius 2 is 1.97 bits per heavy atom. The quantitative estimate of drug-likeness (QED) is 0.470. The van der Waals surface area contributed by atoms with Crippen LogP contribution in [0.5, 0.6) is 11.5 Å². The van der Waals surface area contributed by atoms with E-state index >= 15 is 0 Å². The van der Waals surface area contributed by atoms with Crippen LogP contribution in [-0.2, 0) is 4.79 Å². The SMILES string of the molecule is COc1ccc(-c2csc(NC(=O)/C=C/c3cccc(OCC(O)C(F)(F)F)c3)n2)cc1. The second kappa shape index (κ2) is 10.3. The normalized spacial score (nSPS) is 12.5. The Kier molecular flexibility index (Phi) is 7.49. The number of hydrogen-bond donors (Lipinski definition) is 2. The number of alkyl halides is 3. The lowest BCUT2D eigenvalue weighted by Crippen LogP contribution is -2.34. The number of carbonyl (C=O) groups is 1. The maximum absolute atomic E-state index is 12.4. The largest absolute Gasteiger partial charge is 0.497 e. The monoisotopic (exact) mass is 464 g/mol. The highest BCUT2D eigenvalue weighted by Gasteiger charge is 2.38. The lowest BCUT2D eigenvalue weighted by molar-refractivity contribution is -0.210. The molecule has 6 nitrogen and oxygen atoms in total. The van der Waals surface area contributed by atoms with Crippen LogP contribution in [0.1, 0.15) is 5.56 Å². The van der Waals surface area contributed by atoms with Crippen molar-refractivity contribution in [3.05, 3.63) is 65.6 Å².